The molecule has 0 unspecified atom stereocenters. The van der Waals surface area contributed by atoms with Crippen LogP contribution in [0.2, 0.25) is 0 Å². The molecule has 1 heterocycles. The summed E-state index contributed by atoms with van der Waals surface area (Å²) in [5.41, 5.74) is 3.90. The molecule has 1 N–H and O–H groups in total. The summed E-state index contributed by atoms with van der Waals surface area (Å²) >= 11 is 0. The fraction of sp³-hybridized carbons (Fsp3) is 0.357. The van der Waals surface area contributed by atoms with Gasteiger partial charge in [-0.2, -0.15) is 0 Å². The van der Waals surface area contributed by atoms with Crippen molar-refractivity contribution in [3.05, 3.63) is 35.3 Å². The molecule has 0 amide bonds. The Kier molecular flexibility index (Phi) is 2.46. The lowest BCUT2D eigenvalue weighted by Crippen LogP contribution is -2.10. The third-order valence-electron chi connectivity index (χ3n) is 3.49. The average Bonchev–Trinajstić information content (AvgIpc) is 2.37. The van der Waals surface area contributed by atoms with Gasteiger partial charge in [0.2, 0.25) is 0 Å². The molecular formula is C14H15FN2. The van der Waals surface area contributed by atoms with E-state index < -0.39 is 0 Å². The number of nitrogens with one attached hydrogen (secondary N) is 1. The largest absolute Gasteiger partial charge is 0.387 e. The predicted octanol–water partition coefficient (Wildman–Crippen LogP) is 3.29. The maximum Gasteiger partial charge on any atom is 0.149 e. The zero-order chi connectivity index (χ0) is 11.8. The van der Waals surface area contributed by atoms with Gasteiger partial charge in [-0.05, 0) is 37.3 Å². The van der Waals surface area contributed by atoms with E-state index in [1.54, 1.807) is 6.07 Å². The summed E-state index contributed by atoms with van der Waals surface area (Å²) < 4.78 is 13.8. The second-order valence-corrected chi connectivity index (χ2v) is 4.51. The first-order valence-electron chi connectivity index (χ1n) is 6.09. The van der Waals surface area contributed by atoms with Crippen molar-refractivity contribution in [1.29, 1.82) is 0 Å². The molecule has 17 heavy (non-hydrogen) atoms. The van der Waals surface area contributed by atoms with Crippen LogP contribution in [0, 0.1) is 5.82 Å². The number of aryl methyl sites for hydroxylation is 1. The van der Waals surface area contributed by atoms with Gasteiger partial charge in [-0.3, -0.25) is 0 Å². The van der Waals surface area contributed by atoms with Gasteiger partial charge in [0.25, 0.3) is 0 Å². The van der Waals surface area contributed by atoms with Crippen LogP contribution in [0.15, 0.2) is 18.2 Å². The quantitative estimate of drug-likeness (QED) is 0.813. The summed E-state index contributed by atoms with van der Waals surface area (Å²) in [4.78, 5) is 4.51. The van der Waals surface area contributed by atoms with Crippen LogP contribution >= 0.6 is 0 Å². The molecule has 0 saturated heterocycles. The summed E-state index contributed by atoms with van der Waals surface area (Å²) in [6.07, 6.45) is 4.37. The van der Waals surface area contributed by atoms with E-state index >= 15 is 0 Å². The number of halogens is 1. The van der Waals surface area contributed by atoms with Crippen LogP contribution in [0.25, 0.3) is 10.9 Å². The van der Waals surface area contributed by atoms with Gasteiger partial charge in [0, 0.05) is 23.8 Å². The number of rotatable bonds is 1. The number of para-hydroxylation sites is 1. The highest BCUT2D eigenvalue weighted by atomic mass is 19.1. The summed E-state index contributed by atoms with van der Waals surface area (Å²) in [6.45, 7) is 0. The lowest BCUT2D eigenvalue weighted by molar-refractivity contribution is 0.632. The minimum atomic E-state index is -0.229. The number of fused-ring (bicyclic) bond motifs is 2. The predicted molar refractivity (Wildman–Crippen MR) is 67.9 cm³/mol. The molecule has 1 aliphatic carbocycles. The molecule has 1 aliphatic rings. The highest BCUT2D eigenvalue weighted by Gasteiger charge is 2.18. The van der Waals surface area contributed by atoms with Gasteiger partial charge in [-0.1, -0.05) is 12.1 Å². The van der Waals surface area contributed by atoms with E-state index in [1.807, 2.05) is 13.1 Å². The molecule has 2 aromatic rings. The molecule has 88 valence electrons. The van der Waals surface area contributed by atoms with Crippen LogP contribution in [-0.4, -0.2) is 12.0 Å². The Hall–Kier alpha value is -1.64. The van der Waals surface area contributed by atoms with Gasteiger partial charge in [-0.25, -0.2) is 9.37 Å². The maximum atomic E-state index is 13.8. The fourth-order valence-electron chi connectivity index (χ4n) is 2.70. The van der Waals surface area contributed by atoms with Crippen LogP contribution in [0.5, 0.6) is 0 Å². The first-order valence-corrected chi connectivity index (χ1v) is 6.09. The molecular weight excluding hydrogens is 215 g/mol. The second kappa shape index (κ2) is 3.99. The number of hydrogen-bond donors (Lipinski definition) is 1. The van der Waals surface area contributed by atoms with Gasteiger partial charge in [0.1, 0.15) is 11.3 Å². The maximum absolute atomic E-state index is 13.8. The summed E-state index contributed by atoms with van der Waals surface area (Å²) in [6, 6.07) is 5.16. The molecule has 3 rings (SSSR count). The SMILES string of the molecule is CNc1c2c(nc3c(F)cccc13)CCCC2. The Morgan fingerprint density at radius 1 is 1.24 bits per heavy atom. The van der Waals surface area contributed by atoms with E-state index in [4.69, 9.17) is 0 Å². The van der Waals surface area contributed by atoms with E-state index in [1.165, 1.54) is 18.1 Å². The number of nitrogens with zero attached hydrogens (tertiary/aromatic N) is 1. The Morgan fingerprint density at radius 3 is 2.88 bits per heavy atom. The number of benzene rings is 1. The monoisotopic (exact) mass is 230 g/mol. The molecule has 0 spiro atoms. The van der Waals surface area contributed by atoms with E-state index in [9.17, 15) is 4.39 Å². The van der Waals surface area contributed by atoms with Gasteiger partial charge < -0.3 is 5.32 Å². The van der Waals surface area contributed by atoms with Crippen LogP contribution in [0.4, 0.5) is 10.1 Å². The van der Waals surface area contributed by atoms with Crippen LogP contribution in [0.1, 0.15) is 24.1 Å². The smallest absolute Gasteiger partial charge is 0.149 e. The zero-order valence-electron chi connectivity index (χ0n) is 9.89. The van der Waals surface area contributed by atoms with Gasteiger partial charge in [0.05, 0.1) is 0 Å². The van der Waals surface area contributed by atoms with E-state index in [2.05, 4.69) is 10.3 Å². The standard InChI is InChI=1S/C14H15FN2/c1-16-13-9-5-2-3-8-12(9)17-14-10(13)6-4-7-11(14)15/h4,6-7H,2-3,5,8H2,1H3,(H,16,17). The van der Waals surface area contributed by atoms with E-state index in [0.717, 1.165) is 36.0 Å². The van der Waals surface area contributed by atoms with Crippen molar-refractivity contribution in [3.63, 3.8) is 0 Å². The molecule has 0 radical (unpaired) electrons. The third-order valence-corrected chi connectivity index (χ3v) is 3.49. The normalized spacial score (nSPS) is 14.7. The van der Waals surface area contributed by atoms with Crippen LogP contribution in [-0.2, 0) is 12.8 Å². The molecule has 0 bridgehead atoms. The molecule has 0 atom stereocenters. The van der Waals surface area contributed by atoms with Gasteiger partial charge in [-0.15, -0.1) is 0 Å². The number of anilines is 1. The van der Waals surface area contributed by atoms with E-state index in [0.29, 0.717) is 5.52 Å². The minimum absolute atomic E-state index is 0.229. The third kappa shape index (κ3) is 1.57. The number of aromatic nitrogens is 1. The fourth-order valence-corrected chi connectivity index (χ4v) is 2.70. The molecule has 0 fully saturated rings. The molecule has 2 nitrogen and oxygen atoms in total. The summed E-state index contributed by atoms with van der Waals surface area (Å²) in [5, 5.41) is 4.12. The average molecular weight is 230 g/mol. The zero-order valence-corrected chi connectivity index (χ0v) is 9.89. The molecule has 1 aromatic heterocycles. The Bertz CT molecular complexity index is 578. The first kappa shape index (κ1) is 10.5. The molecule has 3 heteroatoms. The van der Waals surface area contributed by atoms with Crippen molar-refractivity contribution in [2.45, 2.75) is 25.7 Å². The minimum Gasteiger partial charge on any atom is -0.387 e. The number of hydrogen-bond acceptors (Lipinski definition) is 2. The van der Waals surface area contributed by atoms with Crippen molar-refractivity contribution >= 4 is 16.6 Å². The van der Waals surface area contributed by atoms with Crippen molar-refractivity contribution in [3.8, 4) is 0 Å². The van der Waals surface area contributed by atoms with Gasteiger partial charge in [0.15, 0.2) is 0 Å². The topological polar surface area (TPSA) is 24.9 Å². The highest BCUT2D eigenvalue weighted by Crippen LogP contribution is 2.33. The number of pyridine rings is 1. The summed E-state index contributed by atoms with van der Waals surface area (Å²) in [7, 11) is 1.90. The van der Waals surface area contributed by atoms with Crippen LogP contribution in [0.3, 0.4) is 0 Å². The van der Waals surface area contributed by atoms with Crippen molar-refractivity contribution in [2.24, 2.45) is 0 Å². The van der Waals surface area contributed by atoms with Gasteiger partial charge >= 0.3 is 0 Å². The van der Waals surface area contributed by atoms with Crippen molar-refractivity contribution in [1.82, 2.24) is 4.98 Å². The first-order chi connectivity index (χ1) is 8.31. The van der Waals surface area contributed by atoms with Crippen LogP contribution < -0.4 is 5.32 Å². The van der Waals surface area contributed by atoms with Crippen molar-refractivity contribution < 1.29 is 4.39 Å². The Morgan fingerprint density at radius 2 is 2.06 bits per heavy atom. The Balaban J connectivity index is 2.39. The second-order valence-electron chi connectivity index (χ2n) is 4.51. The Labute approximate surface area is 99.9 Å². The summed E-state index contributed by atoms with van der Waals surface area (Å²) in [5.74, 6) is -0.229. The molecule has 1 aromatic carbocycles. The lowest BCUT2D eigenvalue weighted by atomic mass is 9.92. The highest BCUT2D eigenvalue weighted by molar-refractivity contribution is 5.93. The molecule has 0 saturated carbocycles. The lowest BCUT2D eigenvalue weighted by Gasteiger charge is -2.20. The molecule has 0 aliphatic heterocycles. The van der Waals surface area contributed by atoms with Crippen molar-refractivity contribution in [2.75, 3.05) is 12.4 Å². The van der Waals surface area contributed by atoms with E-state index in [-0.39, 0.29) is 5.82 Å².